The Labute approximate surface area is 119 Å². The topological polar surface area (TPSA) is 143 Å². The summed E-state index contributed by atoms with van der Waals surface area (Å²) in [5, 5.41) is 19.9. The van der Waals surface area contributed by atoms with Gasteiger partial charge < -0.3 is 20.7 Å². The Bertz CT molecular complexity index is 700. The van der Waals surface area contributed by atoms with E-state index in [1.165, 1.54) is 13.8 Å². The number of rotatable bonds is 2. The van der Waals surface area contributed by atoms with E-state index in [1.54, 1.807) is 0 Å². The summed E-state index contributed by atoms with van der Waals surface area (Å²) < 4.78 is 6.41. The number of hydrogen-bond donors (Lipinski definition) is 4. The Morgan fingerprint density at radius 1 is 1.62 bits per heavy atom. The van der Waals surface area contributed by atoms with Crippen molar-refractivity contribution in [3.63, 3.8) is 0 Å². The Kier molecular flexibility index (Phi) is 3.97. The summed E-state index contributed by atoms with van der Waals surface area (Å²) in [6.45, 7) is 2.94. The lowest BCUT2D eigenvalue weighted by Gasteiger charge is -2.27. The number of aromatic amines is 1. The maximum absolute atomic E-state index is 11.8. The first-order valence-electron chi connectivity index (χ1n) is 6.23. The van der Waals surface area contributed by atoms with Crippen LogP contribution in [-0.4, -0.2) is 48.6 Å². The number of aromatic nitrogens is 3. The van der Waals surface area contributed by atoms with Crippen LogP contribution < -0.4 is 17.1 Å². The Morgan fingerprint density at radius 3 is 2.81 bits per heavy atom. The fourth-order valence-corrected chi connectivity index (χ4v) is 2.30. The van der Waals surface area contributed by atoms with Crippen molar-refractivity contribution >= 4 is 0 Å². The van der Waals surface area contributed by atoms with Crippen molar-refractivity contribution in [2.45, 2.75) is 43.9 Å². The van der Waals surface area contributed by atoms with E-state index < -0.39 is 41.5 Å². The van der Waals surface area contributed by atoms with Gasteiger partial charge in [-0.2, -0.15) is 4.98 Å². The first-order valence-corrected chi connectivity index (χ1v) is 6.23. The molecule has 0 amide bonds. The average molecular weight is 296 g/mol. The van der Waals surface area contributed by atoms with Gasteiger partial charge in [-0.05, 0) is 13.8 Å². The second-order valence-electron chi connectivity index (χ2n) is 4.83. The molecule has 114 valence electrons. The fraction of sp³-hybridized carbons (Fsp3) is 0.583. The molecule has 1 fully saturated rings. The molecule has 0 radical (unpaired) electrons. The van der Waals surface area contributed by atoms with Gasteiger partial charge in [0.1, 0.15) is 18.5 Å². The molecule has 5 N–H and O–H groups in total. The largest absolute Gasteiger partial charge is 0.391 e. The van der Waals surface area contributed by atoms with Gasteiger partial charge in [-0.1, -0.05) is 5.92 Å². The summed E-state index contributed by atoms with van der Waals surface area (Å²) in [5.74, 6) is 5.17. The van der Waals surface area contributed by atoms with Gasteiger partial charge in [-0.15, -0.1) is 5.92 Å². The van der Waals surface area contributed by atoms with Crippen molar-refractivity contribution in [2.24, 2.45) is 5.73 Å². The van der Waals surface area contributed by atoms with E-state index in [0.29, 0.717) is 0 Å². The van der Waals surface area contributed by atoms with Gasteiger partial charge in [0.05, 0.1) is 6.10 Å². The van der Waals surface area contributed by atoms with Crippen molar-refractivity contribution in [3.05, 3.63) is 27.3 Å². The highest BCUT2D eigenvalue weighted by Crippen LogP contribution is 2.36. The number of hydrogen-bond acceptors (Lipinski definition) is 7. The molecule has 9 nitrogen and oxygen atoms in total. The lowest BCUT2D eigenvalue weighted by Crippen LogP contribution is -2.55. The molecule has 21 heavy (non-hydrogen) atoms. The first-order chi connectivity index (χ1) is 9.81. The van der Waals surface area contributed by atoms with E-state index in [4.69, 9.17) is 10.5 Å². The van der Waals surface area contributed by atoms with Gasteiger partial charge in [-0.3, -0.25) is 9.55 Å². The third-order valence-corrected chi connectivity index (χ3v) is 3.31. The van der Waals surface area contributed by atoms with Crippen molar-refractivity contribution in [1.29, 1.82) is 0 Å². The second-order valence-corrected chi connectivity index (χ2v) is 4.83. The average Bonchev–Trinajstić information content (AvgIpc) is 2.64. The first kappa shape index (κ1) is 15.4. The maximum atomic E-state index is 11.8. The normalized spacial score (nSPS) is 33.3. The number of aliphatic hydroxyl groups excluding tert-OH is 2. The number of nitrogens with one attached hydrogen (secondary N) is 1. The highest BCUT2D eigenvalue weighted by molar-refractivity contribution is 5.25. The van der Waals surface area contributed by atoms with E-state index in [-0.39, 0.29) is 0 Å². The smallest absolute Gasteiger partial charge is 0.350 e. The van der Waals surface area contributed by atoms with Gasteiger partial charge in [0.2, 0.25) is 0 Å². The number of aliphatic hydroxyl groups is 2. The minimum absolute atomic E-state index is 0.800. The second kappa shape index (κ2) is 5.42. The SMILES string of the molecule is CC#C[C@@]1(N)C(O)[C@@H]([C@@H](C)O)O[C@H]1n1cnc(=O)[nH]c1=O. The van der Waals surface area contributed by atoms with Crippen LogP contribution in [0, 0.1) is 11.8 Å². The lowest BCUT2D eigenvalue weighted by molar-refractivity contribution is -0.0782. The molecule has 1 aromatic heterocycles. The molecule has 0 bridgehead atoms. The standard InChI is InChI=1S/C12H16N4O5/c1-3-4-12(13)8(18)7(6(2)17)21-9(12)16-5-14-10(19)15-11(16)20/h5-9,17-18H,13H2,1-2H3,(H,15,19,20)/t6-,7-,8?,9-,12-/m1/s1. The summed E-state index contributed by atoms with van der Waals surface area (Å²) in [6.07, 6.45) is -3.62. The van der Waals surface area contributed by atoms with Crippen molar-refractivity contribution in [2.75, 3.05) is 0 Å². The van der Waals surface area contributed by atoms with Crippen LogP contribution in [0.15, 0.2) is 15.9 Å². The summed E-state index contributed by atoms with van der Waals surface area (Å²) in [7, 11) is 0. The Balaban J connectivity index is 2.56. The number of nitrogens with two attached hydrogens (primary N) is 1. The van der Waals surface area contributed by atoms with Crippen LogP contribution in [0.2, 0.25) is 0 Å². The van der Waals surface area contributed by atoms with Crippen LogP contribution in [0.1, 0.15) is 20.1 Å². The van der Waals surface area contributed by atoms with E-state index in [2.05, 4.69) is 16.8 Å². The molecular weight excluding hydrogens is 280 g/mol. The quantitative estimate of drug-likeness (QED) is 0.434. The van der Waals surface area contributed by atoms with E-state index in [0.717, 1.165) is 10.9 Å². The van der Waals surface area contributed by atoms with E-state index >= 15 is 0 Å². The molecule has 1 aromatic rings. The predicted octanol–water partition coefficient (Wildman–Crippen LogP) is -2.71. The van der Waals surface area contributed by atoms with Crippen LogP contribution >= 0.6 is 0 Å². The van der Waals surface area contributed by atoms with Crippen LogP contribution in [-0.2, 0) is 4.74 Å². The minimum Gasteiger partial charge on any atom is -0.391 e. The van der Waals surface area contributed by atoms with Crippen LogP contribution in [0.4, 0.5) is 0 Å². The molecule has 1 aliphatic rings. The maximum Gasteiger partial charge on any atom is 0.350 e. The van der Waals surface area contributed by atoms with Gasteiger partial charge in [0, 0.05) is 0 Å². The third-order valence-electron chi connectivity index (χ3n) is 3.31. The molecule has 1 saturated heterocycles. The Hall–Kier alpha value is -1.99. The van der Waals surface area contributed by atoms with Crippen molar-refractivity contribution in [1.82, 2.24) is 14.5 Å². The molecule has 0 aliphatic carbocycles. The van der Waals surface area contributed by atoms with Crippen LogP contribution in [0.5, 0.6) is 0 Å². The zero-order chi connectivity index (χ0) is 15.8. The molecule has 2 rings (SSSR count). The van der Waals surface area contributed by atoms with Crippen LogP contribution in [0.25, 0.3) is 0 Å². The summed E-state index contributed by atoms with van der Waals surface area (Å²) in [6, 6.07) is 0. The number of nitrogens with zero attached hydrogens (tertiary/aromatic N) is 2. The summed E-state index contributed by atoms with van der Waals surface area (Å²) in [4.78, 5) is 28.3. The molecular formula is C12H16N4O5. The number of H-pyrrole nitrogens is 1. The van der Waals surface area contributed by atoms with E-state index in [1.807, 2.05) is 4.98 Å². The molecule has 2 heterocycles. The predicted molar refractivity (Wildman–Crippen MR) is 71.1 cm³/mol. The van der Waals surface area contributed by atoms with Crippen molar-refractivity contribution in [3.8, 4) is 11.8 Å². The van der Waals surface area contributed by atoms with E-state index in [9.17, 15) is 19.8 Å². The highest BCUT2D eigenvalue weighted by Gasteiger charge is 2.55. The number of ether oxygens (including phenoxy) is 1. The van der Waals surface area contributed by atoms with Crippen LogP contribution in [0.3, 0.4) is 0 Å². The summed E-state index contributed by atoms with van der Waals surface area (Å²) >= 11 is 0. The molecule has 1 unspecified atom stereocenters. The highest BCUT2D eigenvalue weighted by atomic mass is 16.5. The molecule has 0 aromatic carbocycles. The lowest BCUT2D eigenvalue weighted by atomic mass is 9.90. The Morgan fingerprint density at radius 2 is 2.29 bits per heavy atom. The molecule has 0 spiro atoms. The fourth-order valence-electron chi connectivity index (χ4n) is 2.30. The molecule has 5 atom stereocenters. The third kappa shape index (κ3) is 2.50. The van der Waals surface area contributed by atoms with Crippen molar-refractivity contribution < 1.29 is 14.9 Å². The van der Waals surface area contributed by atoms with Gasteiger partial charge >= 0.3 is 11.4 Å². The monoisotopic (exact) mass is 296 g/mol. The summed E-state index contributed by atoms with van der Waals surface area (Å²) in [5.41, 5.74) is 2.85. The zero-order valence-corrected chi connectivity index (χ0v) is 11.5. The van der Waals surface area contributed by atoms with Gasteiger partial charge in [0.25, 0.3) is 0 Å². The molecule has 9 heteroatoms. The van der Waals surface area contributed by atoms with Gasteiger partial charge in [0.15, 0.2) is 11.8 Å². The minimum atomic E-state index is -1.62. The van der Waals surface area contributed by atoms with Gasteiger partial charge in [-0.25, -0.2) is 9.59 Å². The zero-order valence-electron chi connectivity index (χ0n) is 11.5. The molecule has 0 saturated carbocycles. The molecule has 1 aliphatic heterocycles.